The summed E-state index contributed by atoms with van der Waals surface area (Å²) in [5.41, 5.74) is 3.20. The van der Waals surface area contributed by atoms with E-state index < -0.39 is 0 Å². The topological polar surface area (TPSA) is 39.9 Å². The minimum absolute atomic E-state index is 0.138. The van der Waals surface area contributed by atoms with E-state index in [1.807, 2.05) is 75.5 Å². The Balaban J connectivity index is 1.83. The van der Waals surface area contributed by atoms with E-state index >= 15 is 0 Å². The van der Waals surface area contributed by atoms with Crippen LogP contribution in [0.4, 0.5) is 0 Å². The average Bonchev–Trinajstić information content (AvgIpc) is 3.02. The Morgan fingerprint density at radius 2 is 1.88 bits per heavy atom. The Morgan fingerprint density at radius 1 is 1.08 bits per heavy atom. The molecule has 24 heavy (non-hydrogen) atoms. The first-order valence-corrected chi connectivity index (χ1v) is 8.03. The van der Waals surface area contributed by atoms with E-state index in [4.69, 9.17) is 4.74 Å². The molecule has 0 unspecified atom stereocenters. The smallest absolute Gasteiger partial charge is 0.181 e. The van der Waals surface area contributed by atoms with Gasteiger partial charge in [-0.25, -0.2) is 9.67 Å². The van der Waals surface area contributed by atoms with Crippen molar-refractivity contribution in [3.8, 4) is 17.1 Å². The van der Waals surface area contributed by atoms with Gasteiger partial charge in [0.2, 0.25) is 0 Å². The van der Waals surface area contributed by atoms with Gasteiger partial charge in [-0.15, -0.1) is 5.10 Å². The number of benzene rings is 2. The number of hydrogen-bond acceptors (Lipinski definition) is 3. The lowest BCUT2D eigenvalue weighted by molar-refractivity contribution is 0.242. The standard InChI is InChI=1S/C20H21N3O/c1-15(2)24-19-12-16(3)11-18(13-19)20-21-14-23(22-20)10-9-17-7-5-4-6-8-17/h4-15H,1-3H3/b10-9+. The second-order valence-corrected chi connectivity index (χ2v) is 5.98. The van der Waals surface area contributed by atoms with Crippen LogP contribution in [0.5, 0.6) is 5.75 Å². The average molecular weight is 319 g/mol. The highest BCUT2D eigenvalue weighted by atomic mass is 16.5. The normalized spacial score (nSPS) is 11.3. The molecule has 1 heterocycles. The minimum atomic E-state index is 0.138. The van der Waals surface area contributed by atoms with Crippen molar-refractivity contribution in [2.75, 3.05) is 0 Å². The second kappa shape index (κ2) is 7.13. The third-order valence-corrected chi connectivity index (χ3v) is 3.41. The fourth-order valence-electron chi connectivity index (χ4n) is 2.42. The molecule has 0 aliphatic carbocycles. The number of aromatic nitrogens is 3. The van der Waals surface area contributed by atoms with Crippen LogP contribution in [-0.4, -0.2) is 20.9 Å². The van der Waals surface area contributed by atoms with Gasteiger partial charge in [-0.1, -0.05) is 30.3 Å². The van der Waals surface area contributed by atoms with Crippen molar-refractivity contribution in [3.05, 3.63) is 66.0 Å². The Labute approximate surface area is 142 Å². The van der Waals surface area contributed by atoms with Gasteiger partial charge in [0.25, 0.3) is 0 Å². The third kappa shape index (κ3) is 4.10. The summed E-state index contributed by atoms with van der Waals surface area (Å²) in [7, 11) is 0. The van der Waals surface area contributed by atoms with Crippen LogP contribution in [0.2, 0.25) is 0 Å². The molecule has 1 aromatic heterocycles. The highest BCUT2D eigenvalue weighted by molar-refractivity contribution is 5.62. The molecular weight excluding hydrogens is 298 g/mol. The molecule has 0 amide bonds. The van der Waals surface area contributed by atoms with E-state index in [1.165, 1.54) is 0 Å². The predicted molar refractivity (Wildman–Crippen MR) is 97.6 cm³/mol. The summed E-state index contributed by atoms with van der Waals surface area (Å²) in [5, 5.41) is 4.52. The van der Waals surface area contributed by atoms with Gasteiger partial charge in [-0.05, 0) is 56.2 Å². The maximum atomic E-state index is 5.79. The zero-order chi connectivity index (χ0) is 16.9. The first-order chi connectivity index (χ1) is 11.6. The van der Waals surface area contributed by atoms with Gasteiger partial charge in [-0.2, -0.15) is 0 Å². The number of aryl methyl sites for hydroxylation is 1. The van der Waals surface area contributed by atoms with E-state index in [2.05, 4.69) is 16.1 Å². The molecule has 0 bridgehead atoms. The Morgan fingerprint density at radius 3 is 2.62 bits per heavy atom. The zero-order valence-electron chi connectivity index (χ0n) is 14.2. The van der Waals surface area contributed by atoms with Gasteiger partial charge in [0, 0.05) is 11.8 Å². The Bertz CT molecular complexity index is 835. The lowest BCUT2D eigenvalue weighted by Crippen LogP contribution is -2.05. The van der Waals surface area contributed by atoms with E-state index in [-0.39, 0.29) is 6.10 Å². The quantitative estimate of drug-likeness (QED) is 0.686. The first kappa shape index (κ1) is 16.0. The van der Waals surface area contributed by atoms with Crippen molar-refractivity contribution in [1.82, 2.24) is 14.8 Å². The lowest BCUT2D eigenvalue weighted by Gasteiger charge is -2.11. The molecule has 122 valence electrons. The molecule has 0 atom stereocenters. The van der Waals surface area contributed by atoms with Gasteiger partial charge in [0.1, 0.15) is 12.1 Å². The molecule has 4 nitrogen and oxygen atoms in total. The van der Waals surface area contributed by atoms with Gasteiger partial charge in [0.15, 0.2) is 5.82 Å². The van der Waals surface area contributed by atoms with Crippen LogP contribution in [-0.2, 0) is 0 Å². The highest BCUT2D eigenvalue weighted by Gasteiger charge is 2.07. The minimum Gasteiger partial charge on any atom is -0.491 e. The molecule has 0 saturated heterocycles. The van der Waals surface area contributed by atoms with Crippen molar-refractivity contribution in [1.29, 1.82) is 0 Å². The summed E-state index contributed by atoms with van der Waals surface area (Å²) in [5.74, 6) is 1.53. The number of rotatable bonds is 5. The molecule has 3 aromatic rings. The molecule has 4 heteroatoms. The van der Waals surface area contributed by atoms with Crippen LogP contribution < -0.4 is 4.74 Å². The van der Waals surface area contributed by atoms with Gasteiger partial charge < -0.3 is 4.74 Å². The SMILES string of the molecule is Cc1cc(OC(C)C)cc(-c2ncn(/C=C/c3ccccc3)n2)c1. The molecule has 0 spiro atoms. The molecule has 2 aromatic carbocycles. The Hall–Kier alpha value is -2.88. The summed E-state index contributed by atoms with van der Waals surface area (Å²) in [4.78, 5) is 4.41. The summed E-state index contributed by atoms with van der Waals surface area (Å²) in [6.45, 7) is 6.08. The summed E-state index contributed by atoms with van der Waals surface area (Å²) in [6.07, 6.45) is 5.74. The van der Waals surface area contributed by atoms with Crippen molar-refractivity contribution >= 4 is 12.3 Å². The number of hydrogen-bond donors (Lipinski definition) is 0. The summed E-state index contributed by atoms with van der Waals surface area (Å²) >= 11 is 0. The third-order valence-electron chi connectivity index (χ3n) is 3.41. The summed E-state index contributed by atoms with van der Waals surface area (Å²) in [6, 6.07) is 16.2. The van der Waals surface area contributed by atoms with Crippen molar-refractivity contribution < 1.29 is 4.74 Å². The molecular formula is C20H21N3O. The van der Waals surface area contributed by atoms with Crippen LogP contribution in [0.15, 0.2) is 54.9 Å². The van der Waals surface area contributed by atoms with E-state index in [0.29, 0.717) is 5.82 Å². The fourth-order valence-corrected chi connectivity index (χ4v) is 2.42. The predicted octanol–water partition coefficient (Wildman–Crippen LogP) is 4.67. The molecule has 0 N–H and O–H groups in total. The van der Waals surface area contributed by atoms with Crippen LogP contribution in [0.25, 0.3) is 23.7 Å². The van der Waals surface area contributed by atoms with Crippen LogP contribution in [0.1, 0.15) is 25.0 Å². The fraction of sp³-hybridized carbons (Fsp3) is 0.200. The molecule has 0 radical (unpaired) electrons. The van der Waals surface area contributed by atoms with Crippen LogP contribution >= 0.6 is 0 Å². The van der Waals surface area contributed by atoms with Crippen molar-refractivity contribution in [2.24, 2.45) is 0 Å². The second-order valence-electron chi connectivity index (χ2n) is 5.98. The van der Waals surface area contributed by atoms with Gasteiger partial charge in [0.05, 0.1) is 6.10 Å². The maximum Gasteiger partial charge on any atom is 0.181 e. The Kier molecular flexibility index (Phi) is 4.75. The molecule has 0 saturated carbocycles. The van der Waals surface area contributed by atoms with Gasteiger partial charge >= 0.3 is 0 Å². The molecule has 0 aliphatic heterocycles. The monoisotopic (exact) mass is 319 g/mol. The molecule has 3 rings (SSSR count). The first-order valence-electron chi connectivity index (χ1n) is 8.03. The van der Waals surface area contributed by atoms with E-state index in [9.17, 15) is 0 Å². The van der Waals surface area contributed by atoms with Crippen molar-refractivity contribution in [3.63, 3.8) is 0 Å². The van der Waals surface area contributed by atoms with Crippen LogP contribution in [0.3, 0.4) is 0 Å². The molecule has 0 fully saturated rings. The maximum absolute atomic E-state index is 5.79. The number of nitrogens with zero attached hydrogens (tertiary/aromatic N) is 3. The number of ether oxygens (including phenoxy) is 1. The van der Waals surface area contributed by atoms with Crippen LogP contribution in [0, 0.1) is 6.92 Å². The lowest BCUT2D eigenvalue weighted by atomic mass is 10.1. The van der Waals surface area contributed by atoms with Crippen molar-refractivity contribution in [2.45, 2.75) is 26.9 Å². The van der Waals surface area contributed by atoms with Gasteiger partial charge in [-0.3, -0.25) is 0 Å². The highest BCUT2D eigenvalue weighted by Crippen LogP contribution is 2.24. The summed E-state index contributed by atoms with van der Waals surface area (Å²) < 4.78 is 7.51. The van der Waals surface area contributed by atoms with E-state index in [0.717, 1.165) is 22.4 Å². The molecule has 0 aliphatic rings. The largest absolute Gasteiger partial charge is 0.491 e. The zero-order valence-corrected chi connectivity index (χ0v) is 14.2. The van der Waals surface area contributed by atoms with E-state index in [1.54, 1.807) is 11.0 Å².